The van der Waals surface area contributed by atoms with E-state index in [0.29, 0.717) is 29.3 Å². The average Bonchev–Trinajstić information content (AvgIpc) is 3.69. The molecule has 2 aromatic rings. The lowest BCUT2D eigenvalue weighted by atomic mass is 9.95. The monoisotopic (exact) mass is 525 g/mol. The zero-order valence-electron chi connectivity index (χ0n) is 19.6. The molecule has 1 unspecified atom stereocenters. The third kappa shape index (κ3) is 5.43. The summed E-state index contributed by atoms with van der Waals surface area (Å²) in [6.45, 7) is -1.66. The Bertz CT molecular complexity index is 1200. The molecule has 0 aromatic heterocycles. The second-order valence-electron chi connectivity index (χ2n) is 8.97. The SMILES string of the molecule is CO[C@@H](C(=O)NCC(F)(F)C(F)(F)F)C(=O)NC1C(=O)N(CC2CC2)c2ccccc2-c2ccccc21. The van der Waals surface area contributed by atoms with Crippen LogP contribution < -0.4 is 15.5 Å². The first-order valence-electron chi connectivity index (χ1n) is 11.5. The molecule has 1 saturated carbocycles. The minimum absolute atomic E-state index is 0.294. The molecule has 2 aliphatic rings. The molecule has 1 aliphatic heterocycles. The van der Waals surface area contributed by atoms with Gasteiger partial charge < -0.3 is 20.3 Å². The van der Waals surface area contributed by atoms with E-state index in [1.54, 1.807) is 41.3 Å². The number of ether oxygens (including phenoxy) is 1. The van der Waals surface area contributed by atoms with E-state index in [0.717, 1.165) is 25.5 Å². The van der Waals surface area contributed by atoms with Crippen molar-refractivity contribution in [2.75, 3.05) is 25.1 Å². The van der Waals surface area contributed by atoms with Crippen LogP contribution in [0, 0.1) is 5.92 Å². The molecule has 2 aromatic carbocycles. The Morgan fingerprint density at radius 2 is 1.62 bits per heavy atom. The van der Waals surface area contributed by atoms with Crippen molar-refractivity contribution in [3.63, 3.8) is 0 Å². The van der Waals surface area contributed by atoms with Gasteiger partial charge in [-0.2, -0.15) is 22.0 Å². The first-order chi connectivity index (χ1) is 17.4. The van der Waals surface area contributed by atoms with Gasteiger partial charge in [0.2, 0.25) is 6.10 Å². The molecule has 12 heteroatoms. The Morgan fingerprint density at radius 1 is 1.00 bits per heavy atom. The zero-order valence-corrected chi connectivity index (χ0v) is 19.6. The van der Waals surface area contributed by atoms with Gasteiger partial charge in [-0.3, -0.25) is 14.4 Å². The first kappa shape index (κ1) is 26.5. The molecule has 0 spiro atoms. The summed E-state index contributed by atoms with van der Waals surface area (Å²) in [7, 11) is 0.920. The van der Waals surface area contributed by atoms with Crippen LogP contribution in [0.5, 0.6) is 0 Å². The quantitative estimate of drug-likeness (QED) is 0.408. The maximum Gasteiger partial charge on any atom is 0.455 e. The zero-order chi connectivity index (χ0) is 27.0. The standard InChI is InChI=1S/C25H24F5N3O4/c1-37-20(21(34)31-13-24(26,27)25(28,29)30)22(35)32-19-17-8-3-2-6-15(17)16-7-4-5-9-18(16)33(23(19)36)12-14-10-11-14/h2-9,14,19-20H,10-13H2,1H3,(H,31,34)(H,32,35)/t19?,20-/m0/s1. The number of hydrogen-bond donors (Lipinski definition) is 2. The van der Waals surface area contributed by atoms with Crippen LogP contribution in [-0.2, 0) is 19.1 Å². The lowest BCUT2D eigenvalue weighted by Crippen LogP contribution is -2.53. The number of amides is 3. The van der Waals surface area contributed by atoms with Crippen molar-refractivity contribution in [3.8, 4) is 11.1 Å². The van der Waals surface area contributed by atoms with E-state index in [4.69, 9.17) is 4.74 Å². The molecule has 0 radical (unpaired) electrons. The number of fused-ring (bicyclic) bond motifs is 3. The fraction of sp³-hybridized carbons (Fsp3) is 0.400. The molecule has 1 heterocycles. The van der Waals surface area contributed by atoms with Crippen LogP contribution in [0.25, 0.3) is 11.1 Å². The Balaban J connectivity index is 1.61. The van der Waals surface area contributed by atoms with Crippen molar-refractivity contribution in [2.24, 2.45) is 5.92 Å². The molecule has 7 nitrogen and oxygen atoms in total. The summed E-state index contributed by atoms with van der Waals surface area (Å²) in [4.78, 5) is 40.7. The van der Waals surface area contributed by atoms with Gasteiger partial charge in [-0.1, -0.05) is 42.5 Å². The van der Waals surface area contributed by atoms with Gasteiger partial charge in [-0.05, 0) is 36.0 Å². The largest absolute Gasteiger partial charge is 0.455 e. The molecule has 4 rings (SSSR count). The summed E-state index contributed by atoms with van der Waals surface area (Å²) in [5, 5.41) is 3.87. The van der Waals surface area contributed by atoms with E-state index >= 15 is 0 Å². The van der Waals surface area contributed by atoms with Gasteiger partial charge in [0.1, 0.15) is 6.04 Å². The van der Waals surface area contributed by atoms with Crippen LogP contribution in [0.15, 0.2) is 48.5 Å². The number of benzene rings is 2. The maximum absolute atomic E-state index is 13.8. The lowest BCUT2D eigenvalue weighted by Gasteiger charge is -2.27. The van der Waals surface area contributed by atoms with Crippen molar-refractivity contribution in [1.82, 2.24) is 10.6 Å². The molecule has 0 bridgehead atoms. The van der Waals surface area contributed by atoms with Crippen molar-refractivity contribution in [2.45, 2.75) is 37.1 Å². The highest BCUT2D eigenvalue weighted by Crippen LogP contribution is 2.42. The number of carbonyl (C=O) groups is 3. The van der Waals surface area contributed by atoms with Crippen LogP contribution in [0.4, 0.5) is 27.6 Å². The number of para-hydroxylation sites is 1. The van der Waals surface area contributed by atoms with Crippen LogP contribution in [-0.4, -0.2) is 56.1 Å². The topological polar surface area (TPSA) is 87.7 Å². The lowest BCUT2D eigenvalue weighted by molar-refractivity contribution is -0.278. The number of alkyl halides is 5. The van der Waals surface area contributed by atoms with Crippen LogP contribution in [0.3, 0.4) is 0 Å². The summed E-state index contributed by atoms with van der Waals surface area (Å²) >= 11 is 0. The van der Waals surface area contributed by atoms with Crippen molar-refractivity contribution in [1.29, 1.82) is 0 Å². The van der Waals surface area contributed by atoms with Crippen LogP contribution >= 0.6 is 0 Å². The number of carbonyl (C=O) groups excluding carboxylic acids is 3. The van der Waals surface area contributed by atoms with E-state index in [1.807, 2.05) is 12.1 Å². The summed E-state index contributed by atoms with van der Waals surface area (Å²) in [5.41, 5.74) is 2.52. The Labute approximate surface area is 209 Å². The highest BCUT2D eigenvalue weighted by molar-refractivity contribution is 6.09. The van der Waals surface area contributed by atoms with E-state index in [2.05, 4.69) is 5.32 Å². The van der Waals surface area contributed by atoms with Gasteiger partial charge >= 0.3 is 12.1 Å². The molecule has 2 N–H and O–H groups in total. The maximum atomic E-state index is 13.8. The predicted molar refractivity (Wildman–Crippen MR) is 123 cm³/mol. The Morgan fingerprint density at radius 3 is 2.24 bits per heavy atom. The van der Waals surface area contributed by atoms with Gasteiger partial charge in [0.25, 0.3) is 17.7 Å². The fourth-order valence-corrected chi connectivity index (χ4v) is 4.17. The number of anilines is 1. The van der Waals surface area contributed by atoms with Gasteiger partial charge in [-0.25, -0.2) is 0 Å². The summed E-state index contributed by atoms with van der Waals surface area (Å²) in [6.07, 6.45) is -6.07. The Kier molecular flexibility index (Phi) is 7.22. The highest BCUT2D eigenvalue weighted by Gasteiger charge is 2.57. The minimum Gasteiger partial charge on any atom is -0.362 e. The molecule has 1 fully saturated rings. The number of rotatable bonds is 8. The third-order valence-corrected chi connectivity index (χ3v) is 6.31. The normalized spacial score (nSPS) is 18.4. The number of halogens is 5. The second kappa shape index (κ2) is 10.1. The molecule has 198 valence electrons. The van der Waals surface area contributed by atoms with Crippen molar-refractivity contribution < 1.29 is 41.1 Å². The number of methoxy groups -OCH3 is 1. The average molecular weight is 525 g/mol. The van der Waals surface area contributed by atoms with Gasteiger partial charge in [-0.15, -0.1) is 0 Å². The van der Waals surface area contributed by atoms with E-state index in [1.165, 1.54) is 5.32 Å². The Hall–Kier alpha value is -3.54. The first-order valence-corrected chi connectivity index (χ1v) is 11.5. The third-order valence-electron chi connectivity index (χ3n) is 6.31. The second-order valence-corrected chi connectivity index (χ2v) is 8.97. The summed E-state index contributed by atoms with van der Waals surface area (Å²) in [5.74, 6) is -8.06. The van der Waals surface area contributed by atoms with Gasteiger partial charge in [0.15, 0.2) is 0 Å². The van der Waals surface area contributed by atoms with Crippen LogP contribution in [0.2, 0.25) is 0 Å². The van der Waals surface area contributed by atoms with Gasteiger partial charge in [0.05, 0.1) is 12.2 Å². The molecule has 1 aliphatic carbocycles. The molecule has 37 heavy (non-hydrogen) atoms. The van der Waals surface area contributed by atoms with Crippen LogP contribution in [0.1, 0.15) is 24.4 Å². The molecular formula is C25H24F5N3O4. The molecule has 2 atom stereocenters. The molecular weight excluding hydrogens is 501 g/mol. The summed E-state index contributed by atoms with van der Waals surface area (Å²) < 4.78 is 68.6. The van der Waals surface area contributed by atoms with Crippen molar-refractivity contribution >= 4 is 23.4 Å². The summed E-state index contributed by atoms with van der Waals surface area (Å²) in [6, 6.07) is 12.8. The smallest absolute Gasteiger partial charge is 0.362 e. The molecule has 3 amide bonds. The number of nitrogens with zero attached hydrogens (tertiary/aromatic N) is 1. The van der Waals surface area contributed by atoms with E-state index in [-0.39, 0.29) is 0 Å². The fourth-order valence-electron chi connectivity index (χ4n) is 4.17. The number of nitrogens with one attached hydrogen (secondary N) is 2. The van der Waals surface area contributed by atoms with E-state index < -0.39 is 48.5 Å². The van der Waals surface area contributed by atoms with Gasteiger partial charge in [0, 0.05) is 19.2 Å². The predicted octanol–water partition coefficient (Wildman–Crippen LogP) is 3.60. The number of hydrogen-bond acceptors (Lipinski definition) is 4. The van der Waals surface area contributed by atoms with E-state index in [9.17, 15) is 36.3 Å². The highest BCUT2D eigenvalue weighted by atomic mass is 19.4. The van der Waals surface area contributed by atoms with Crippen molar-refractivity contribution in [3.05, 3.63) is 54.1 Å². The minimum atomic E-state index is -5.89. The molecule has 0 saturated heterocycles.